The molecule has 0 aliphatic heterocycles. The minimum absolute atomic E-state index is 0.485. The van der Waals surface area contributed by atoms with Crippen molar-refractivity contribution in [2.75, 3.05) is 12.0 Å². The second-order valence-corrected chi connectivity index (χ2v) is 6.10. The van der Waals surface area contributed by atoms with Gasteiger partial charge in [0.2, 0.25) is 0 Å². The molecule has 0 saturated heterocycles. The fourth-order valence-electron chi connectivity index (χ4n) is 2.24. The number of hydrogen-bond acceptors (Lipinski definition) is 3. The first-order valence-electron chi connectivity index (χ1n) is 7.30. The van der Waals surface area contributed by atoms with Crippen LogP contribution in [-0.4, -0.2) is 29.1 Å². The van der Waals surface area contributed by atoms with Gasteiger partial charge in [0, 0.05) is 6.54 Å². The molecule has 2 N–H and O–H groups in total. The number of carbonyl (C=O) groups is 1. The molecule has 0 bridgehead atoms. The number of hydrogen-bond donors (Lipinski definition) is 2. The zero-order valence-electron chi connectivity index (χ0n) is 12.7. The van der Waals surface area contributed by atoms with Crippen LogP contribution in [0.25, 0.3) is 11.1 Å². The minimum Gasteiger partial charge on any atom is -0.480 e. The Balaban J connectivity index is 1.95. The number of carboxylic acid groups (broad SMARTS) is 1. The molecule has 1 atom stereocenters. The zero-order chi connectivity index (χ0) is 15.8. The van der Waals surface area contributed by atoms with Gasteiger partial charge in [-0.05, 0) is 35.1 Å². The van der Waals surface area contributed by atoms with Crippen LogP contribution in [0.4, 0.5) is 0 Å². The standard InChI is InChI=1S/C18H21NO2S/c1-22-12-11-17(18(20)21)19-13-14-7-9-16(10-8-14)15-5-3-2-4-6-15/h2-10,17,19H,11-13H2,1H3,(H,20,21)/t17-/m0/s1. The summed E-state index contributed by atoms with van der Waals surface area (Å²) in [6.07, 6.45) is 2.62. The number of benzene rings is 2. The zero-order valence-corrected chi connectivity index (χ0v) is 13.5. The summed E-state index contributed by atoms with van der Waals surface area (Å²) in [5.74, 6) is 0.0617. The summed E-state index contributed by atoms with van der Waals surface area (Å²) in [6, 6.07) is 18.0. The van der Waals surface area contributed by atoms with E-state index in [1.807, 2.05) is 36.6 Å². The van der Waals surface area contributed by atoms with Crippen LogP contribution in [0, 0.1) is 0 Å². The fourth-order valence-corrected chi connectivity index (χ4v) is 2.71. The lowest BCUT2D eigenvalue weighted by atomic mass is 10.0. The highest BCUT2D eigenvalue weighted by Crippen LogP contribution is 2.19. The Morgan fingerprint density at radius 2 is 1.73 bits per heavy atom. The lowest BCUT2D eigenvalue weighted by Crippen LogP contribution is -2.36. The van der Waals surface area contributed by atoms with E-state index in [2.05, 4.69) is 29.6 Å². The molecule has 0 fully saturated rings. The van der Waals surface area contributed by atoms with Crippen molar-refractivity contribution in [3.05, 3.63) is 60.2 Å². The van der Waals surface area contributed by atoms with E-state index < -0.39 is 12.0 Å². The van der Waals surface area contributed by atoms with E-state index >= 15 is 0 Å². The molecular formula is C18H21NO2S. The summed E-state index contributed by atoms with van der Waals surface area (Å²) in [5.41, 5.74) is 3.45. The molecule has 0 aliphatic carbocycles. The molecule has 2 aromatic carbocycles. The van der Waals surface area contributed by atoms with E-state index in [9.17, 15) is 9.90 Å². The molecule has 0 aliphatic rings. The van der Waals surface area contributed by atoms with Gasteiger partial charge in [-0.1, -0.05) is 54.6 Å². The van der Waals surface area contributed by atoms with Crippen molar-refractivity contribution in [3.8, 4) is 11.1 Å². The predicted octanol–water partition coefficient (Wildman–Crippen LogP) is 3.65. The Kier molecular flexibility index (Phi) is 6.49. The Labute approximate surface area is 135 Å². The summed E-state index contributed by atoms with van der Waals surface area (Å²) >= 11 is 1.67. The Morgan fingerprint density at radius 3 is 2.32 bits per heavy atom. The maximum atomic E-state index is 11.2. The van der Waals surface area contributed by atoms with Gasteiger partial charge in [0.05, 0.1) is 0 Å². The lowest BCUT2D eigenvalue weighted by molar-refractivity contribution is -0.139. The van der Waals surface area contributed by atoms with Crippen LogP contribution in [0.5, 0.6) is 0 Å². The molecule has 3 nitrogen and oxygen atoms in total. The number of carboxylic acids is 1. The van der Waals surface area contributed by atoms with Crippen LogP contribution < -0.4 is 5.32 Å². The van der Waals surface area contributed by atoms with Crippen molar-refractivity contribution >= 4 is 17.7 Å². The Hall–Kier alpha value is -1.78. The summed E-state index contributed by atoms with van der Waals surface area (Å²) < 4.78 is 0. The summed E-state index contributed by atoms with van der Waals surface area (Å²) in [7, 11) is 0. The average molecular weight is 315 g/mol. The molecule has 0 spiro atoms. The van der Waals surface area contributed by atoms with Crippen molar-refractivity contribution in [2.45, 2.75) is 19.0 Å². The first kappa shape index (κ1) is 16.6. The molecule has 2 rings (SSSR count). The van der Waals surface area contributed by atoms with Gasteiger partial charge in [-0.2, -0.15) is 11.8 Å². The van der Waals surface area contributed by atoms with Crippen molar-refractivity contribution in [1.82, 2.24) is 5.32 Å². The summed E-state index contributed by atoms with van der Waals surface area (Å²) in [4.78, 5) is 11.2. The van der Waals surface area contributed by atoms with Gasteiger partial charge in [0.1, 0.15) is 6.04 Å². The second kappa shape index (κ2) is 8.61. The van der Waals surface area contributed by atoms with Crippen molar-refractivity contribution in [3.63, 3.8) is 0 Å². The van der Waals surface area contributed by atoms with E-state index in [-0.39, 0.29) is 0 Å². The Bertz CT molecular complexity index is 584. The number of nitrogens with one attached hydrogen (secondary N) is 1. The largest absolute Gasteiger partial charge is 0.480 e. The number of thioether (sulfide) groups is 1. The quantitative estimate of drug-likeness (QED) is 0.781. The third-order valence-corrected chi connectivity index (χ3v) is 4.17. The topological polar surface area (TPSA) is 49.3 Å². The van der Waals surface area contributed by atoms with E-state index in [1.54, 1.807) is 11.8 Å². The third kappa shape index (κ3) is 4.90. The van der Waals surface area contributed by atoms with E-state index in [1.165, 1.54) is 11.1 Å². The van der Waals surface area contributed by atoms with Crippen LogP contribution in [0.1, 0.15) is 12.0 Å². The summed E-state index contributed by atoms with van der Waals surface area (Å²) in [6.45, 7) is 0.570. The highest BCUT2D eigenvalue weighted by atomic mass is 32.2. The molecule has 116 valence electrons. The smallest absolute Gasteiger partial charge is 0.320 e. The molecule has 0 saturated carbocycles. The molecule has 0 amide bonds. The minimum atomic E-state index is -0.782. The van der Waals surface area contributed by atoms with Crippen molar-refractivity contribution < 1.29 is 9.90 Å². The molecule has 4 heteroatoms. The monoisotopic (exact) mass is 315 g/mol. The number of rotatable bonds is 8. The van der Waals surface area contributed by atoms with Gasteiger partial charge in [-0.25, -0.2) is 0 Å². The Morgan fingerprint density at radius 1 is 1.09 bits per heavy atom. The molecule has 0 aromatic heterocycles. The van der Waals surface area contributed by atoms with Gasteiger partial charge in [-0.3, -0.25) is 4.79 Å². The third-order valence-electron chi connectivity index (χ3n) is 3.52. The van der Waals surface area contributed by atoms with Crippen LogP contribution in [-0.2, 0) is 11.3 Å². The SMILES string of the molecule is CSCC[C@H](NCc1ccc(-c2ccccc2)cc1)C(=O)O. The first-order chi connectivity index (χ1) is 10.7. The van der Waals surface area contributed by atoms with E-state index in [0.717, 1.165) is 11.3 Å². The fraction of sp³-hybridized carbons (Fsp3) is 0.278. The van der Waals surface area contributed by atoms with Gasteiger partial charge >= 0.3 is 5.97 Å². The van der Waals surface area contributed by atoms with Crippen LogP contribution in [0.3, 0.4) is 0 Å². The van der Waals surface area contributed by atoms with E-state index in [4.69, 9.17) is 0 Å². The van der Waals surface area contributed by atoms with Crippen molar-refractivity contribution in [2.24, 2.45) is 0 Å². The molecule has 2 aromatic rings. The second-order valence-electron chi connectivity index (χ2n) is 5.12. The highest BCUT2D eigenvalue weighted by Gasteiger charge is 2.15. The van der Waals surface area contributed by atoms with Gasteiger partial charge < -0.3 is 10.4 Å². The molecular weight excluding hydrogens is 294 g/mol. The van der Waals surface area contributed by atoms with Crippen molar-refractivity contribution in [1.29, 1.82) is 0 Å². The van der Waals surface area contributed by atoms with Gasteiger partial charge in [-0.15, -0.1) is 0 Å². The molecule has 0 unspecified atom stereocenters. The highest BCUT2D eigenvalue weighted by molar-refractivity contribution is 7.98. The van der Waals surface area contributed by atoms with Crippen LogP contribution in [0.15, 0.2) is 54.6 Å². The van der Waals surface area contributed by atoms with Gasteiger partial charge in [0.25, 0.3) is 0 Å². The normalized spacial score (nSPS) is 12.0. The molecule has 0 radical (unpaired) electrons. The van der Waals surface area contributed by atoms with E-state index in [0.29, 0.717) is 13.0 Å². The summed E-state index contributed by atoms with van der Waals surface area (Å²) in [5, 5.41) is 12.3. The molecule has 22 heavy (non-hydrogen) atoms. The first-order valence-corrected chi connectivity index (χ1v) is 8.69. The van der Waals surface area contributed by atoms with Gasteiger partial charge in [0.15, 0.2) is 0 Å². The maximum absolute atomic E-state index is 11.2. The average Bonchev–Trinajstić information content (AvgIpc) is 2.56. The predicted molar refractivity (Wildman–Crippen MR) is 93.1 cm³/mol. The molecule has 0 heterocycles. The van der Waals surface area contributed by atoms with Crippen LogP contribution in [0.2, 0.25) is 0 Å². The number of aliphatic carboxylic acids is 1. The maximum Gasteiger partial charge on any atom is 0.320 e. The van der Waals surface area contributed by atoms with Crippen LogP contribution >= 0.6 is 11.8 Å². The lowest BCUT2D eigenvalue weighted by Gasteiger charge is -2.14.